The predicted octanol–water partition coefficient (Wildman–Crippen LogP) is 10.00. The van der Waals surface area contributed by atoms with Crippen molar-refractivity contribution < 1.29 is 52.9 Å². The van der Waals surface area contributed by atoms with Crippen molar-refractivity contribution in [2.24, 2.45) is 11.8 Å². The van der Waals surface area contributed by atoms with Crippen LogP contribution in [-0.2, 0) is 32.9 Å². The van der Waals surface area contributed by atoms with Crippen molar-refractivity contribution in [1.29, 1.82) is 0 Å². The molecule has 12 heteroatoms. The van der Waals surface area contributed by atoms with E-state index in [2.05, 4.69) is 18.4 Å². The summed E-state index contributed by atoms with van der Waals surface area (Å²) in [5.74, 6) is -1.56. The van der Waals surface area contributed by atoms with E-state index in [1.54, 1.807) is 6.08 Å². The first-order chi connectivity index (χ1) is 26.5. The van der Waals surface area contributed by atoms with Gasteiger partial charge in [-0.05, 0) is 25.7 Å². The lowest BCUT2D eigenvalue weighted by molar-refractivity contribution is -0.161. The van der Waals surface area contributed by atoms with Crippen LogP contribution in [0.1, 0.15) is 200 Å². The summed E-state index contributed by atoms with van der Waals surface area (Å²) in [5.41, 5.74) is 0. The number of ether oxygens (including phenoxy) is 2. The van der Waals surface area contributed by atoms with Crippen molar-refractivity contribution >= 4 is 25.5 Å². The van der Waals surface area contributed by atoms with Crippen LogP contribution in [0.4, 0.5) is 0 Å². The van der Waals surface area contributed by atoms with E-state index in [4.69, 9.17) is 19.3 Å². The highest BCUT2D eigenvalue weighted by molar-refractivity contribution is 7.46. The van der Waals surface area contributed by atoms with Gasteiger partial charge in [-0.3, -0.25) is 18.9 Å². The smallest absolute Gasteiger partial charge is 0.462 e. The number of ketones is 1. The Kier molecular flexibility index (Phi) is 31.2. The van der Waals surface area contributed by atoms with E-state index in [0.29, 0.717) is 25.7 Å². The van der Waals surface area contributed by atoms with Gasteiger partial charge in [0.05, 0.1) is 18.8 Å². The second-order valence-corrected chi connectivity index (χ2v) is 17.0. The Labute approximate surface area is 333 Å². The van der Waals surface area contributed by atoms with Crippen LogP contribution in [0, 0.1) is 11.8 Å². The second kappa shape index (κ2) is 33.4. The number of phosphoric ester groups is 1. The van der Waals surface area contributed by atoms with Gasteiger partial charge in [0.25, 0.3) is 0 Å². The van der Waals surface area contributed by atoms with Crippen molar-refractivity contribution in [1.82, 2.24) is 0 Å². The summed E-state index contributed by atoms with van der Waals surface area (Å²) in [7, 11) is -4.81. The number of carbonyl (C=O) groups excluding carboxylic acids is 3. The van der Waals surface area contributed by atoms with Crippen molar-refractivity contribution in [3.05, 3.63) is 12.2 Å². The molecule has 0 saturated heterocycles. The lowest BCUT2D eigenvalue weighted by Crippen LogP contribution is -2.29. The topological polar surface area (TPSA) is 177 Å². The quantitative estimate of drug-likeness (QED) is 0.0203. The minimum absolute atomic E-state index is 0.0457. The summed E-state index contributed by atoms with van der Waals surface area (Å²) in [6, 6.07) is 0. The molecule has 5 atom stereocenters. The van der Waals surface area contributed by atoms with Crippen LogP contribution in [0.5, 0.6) is 0 Å². The molecule has 0 heterocycles. The summed E-state index contributed by atoms with van der Waals surface area (Å²) in [6.07, 6.45) is 29.7. The Hall–Kier alpha value is -1.62. The number of hydrogen-bond acceptors (Lipinski definition) is 9. The Morgan fingerprint density at radius 2 is 1.18 bits per heavy atom. The highest BCUT2D eigenvalue weighted by Crippen LogP contribution is 2.36. The van der Waals surface area contributed by atoms with Gasteiger partial charge in [0, 0.05) is 31.1 Å². The lowest BCUT2D eigenvalue weighted by Gasteiger charge is -2.18. The summed E-state index contributed by atoms with van der Waals surface area (Å²) in [5, 5.41) is 20.6. The summed E-state index contributed by atoms with van der Waals surface area (Å²) in [6.45, 7) is 3.41. The number of phosphoric acid groups is 1. The Bertz CT molecular complexity index is 1060. The molecule has 322 valence electrons. The molecule has 1 aliphatic carbocycles. The maximum Gasteiger partial charge on any atom is 0.469 e. The molecule has 0 aliphatic heterocycles. The van der Waals surface area contributed by atoms with Crippen LogP contribution in [0.15, 0.2) is 12.2 Å². The van der Waals surface area contributed by atoms with E-state index >= 15 is 0 Å². The van der Waals surface area contributed by atoms with E-state index < -0.39 is 44.7 Å². The fourth-order valence-electron chi connectivity index (χ4n) is 7.33. The minimum Gasteiger partial charge on any atom is -0.462 e. The average molecular weight is 803 g/mol. The number of carbonyl (C=O) groups is 3. The standard InChI is InChI=1S/C43H79O11P/c1-3-5-7-8-9-10-11-12-13-14-15-16-17-18-19-20-26-30-43(48)54-37(35-53-55(49,50)51)34-52-42(47)29-25-22-21-24-28-38-39(41(46)33-40(38)45)32-31-36(44)27-23-6-4-2/h31-32,36-39,41,44,46H,3-30,33-35H2,1-2H3,(H2,49,50,51)/b32-31+/t36-,37+,38+,39+,41+/m0/s1. The highest BCUT2D eigenvalue weighted by Gasteiger charge is 2.39. The molecule has 0 bridgehead atoms. The van der Waals surface area contributed by atoms with Crippen LogP contribution >= 0.6 is 7.82 Å². The normalized spacial score (nSPS) is 18.6. The molecule has 1 saturated carbocycles. The van der Waals surface area contributed by atoms with Crippen molar-refractivity contribution in [3.8, 4) is 0 Å². The number of esters is 2. The monoisotopic (exact) mass is 803 g/mol. The van der Waals surface area contributed by atoms with Crippen molar-refractivity contribution in [2.75, 3.05) is 13.2 Å². The molecule has 1 fully saturated rings. The molecule has 55 heavy (non-hydrogen) atoms. The number of aliphatic hydroxyl groups is 2. The zero-order chi connectivity index (χ0) is 40.6. The SMILES string of the molecule is CCCCCCCCCCCCCCCCCCCC(=O)O[C@H](COC(=O)CCCCCC[C@H]1C(=O)C[C@@H](O)[C@@H]1/C=C/[C@@H](O)CCCCC)COP(=O)(O)O. The van der Waals surface area contributed by atoms with Crippen LogP contribution in [0.2, 0.25) is 0 Å². The highest BCUT2D eigenvalue weighted by atomic mass is 31.2. The molecule has 0 unspecified atom stereocenters. The third-order valence-electron chi connectivity index (χ3n) is 10.7. The number of Topliss-reactive ketones (excluding diaryl/α,β-unsaturated/α-hetero) is 1. The molecular weight excluding hydrogens is 723 g/mol. The number of unbranched alkanes of at least 4 members (excludes halogenated alkanes) is 21. The van der Waals surface area contributed by atoms with Gasteiger partial charge >= 0.3 is 19.8 Å². The molecule has 0 amide bonds. The zero-order valence-corrected chi connectivity index (χ0v) is 35.4. The van der Waals surface area contributed by atoms with E-state index in [0.717, 1.165) is 57.8 Å². The van der Waals surface area contributed by atoms with Crippen LogP contribution < -0.4 is 0 Å². The third-order valence-corrected chi connectivity index (χ3v) is 11.2. The first kappa shape index (κ1) is 51.4. The first-order valence-electron chi connectivity index (χ1n) is 22.1. The largest absolute Gasteiger partial charge is 0.469 e. The first-order valence-corrected chi connectivity index (χ1v) is 23.6. The minimum atomic E-state index is -4.81. The van der Waals surface area contributed by atoms with E-state index in [9.17, 15) is 29.2 Å². The van der Waals surface area contributed by atoms with Gasteiger partial charge in [0.15, 0.2) is 6.10 Å². The number of aliphatic hydroxyl groups excluding tert-OH is 2. The predicted molar refractivity (Wildman–Crippen MR) is 217 cm³/mol. The van der Waals surface area contributed by atoms with Crippen molar-refractivity contribution in [3.63, 3.8) is 0 Å². The molecule has 11 nitrogen and oxygen atoms in total. The Morgan fingerprint density at radius 1 is 0.709 bits per heavy atom. The van der Waals surface area contributed by atoms with Gasteiger partial charge in [0.1, 0.15) is 12.4 Å². The zero-order valence-electron chi connectivity index (χ0n) is 34.6. The van der Waals surface area contributed by atoms with E-state index in [1.807, 2.05) is 6.08 Å². The molecule has 0 spiro atoms. The van der Waals surface area contributed by atoms with Gasteiger partial charge in [-0.2, -0.15) is 0 Å². The maximum atomic E-state index is 12.5. The fourth-order valence-corrected chi connectivity index (χ4v) is 7.69. The molecular formula is C43H79O11P. The molecule has 0 radical (unpaired) electrons. The number of rotatable bonds is 37. The lowest BCUT2D eigenvalue weighted by atomic mass is 9.88. The van der Waals surface area contributed by atoms with E-state index in [-0.39, 0.29) is 43.5 Å². The van der Waals surface area contributed by atoms with Gasteiger partial charge < -0.3 is 29.5 Å². The van der Waals surface area contributed by atoms with E-state index in [1.165, 1.54) is 83.5 Å². The maximum absolute atomic E-state index is 12.5. The Morgan fingerprint density at radius 3 is 1.71 bits per heavy atom. The molecule has 1 rings (SSSR count). The van der Waals surface area contributed by atoms with Gasteiger partial charge in [-0.15, -0.1) is 0 Å². The molecule has 1 aliphatic rings. The van der Waals surface area contributed by atoms with Gasteiger partial charge in [-0.25, -0.2) is 4.57 Å². The molecule has 0 aromatic heterocycles. The summed E-state index contributed by atoms with van der Waals surface area (Å²) >= 11 is 0. The van der Waals surface area contributed by atoms with Crippen LogP contribution in [0.25, 0.3) is 0 Å². The van der Waals surface area contributed by atoms with Crippen LogP contribution in [-0.4, -0.2) is 69.2 Å². The Balaban J connectivity index is 2.22. The molecule has 4 N–H and O–H groups in total. The van der Waals surface area contributed by atoms with Crippen LogP contribution in [0.3, 0.4) is 0 Å². The average Bonchev–Trinajstić information content (AvgIpc) is 3.41. The van der Waals surface area contributed by atoms with Gasteiger partial charge in [0.2, 0.25) is 0 Å². The molecule has 0 aromatic carbocycles. The summed E-state index contributed by atoms with van der Waals surface area (Å²) < 4.78 is 26.4. The second-order valence-electron chi connectivity index (χ2n) is 15.8. The third kappa shape index (κ3) is 29.3. The molecule has 0 aromatic rings. The number of hydrogen-bond donors (Lipinski definition) is 4. The van der Waals surface area contributed by atoms with Crippen molar-refractivity contribution in [2.45, 2.75) is 218 Å². The van der Waals surface area contributed by atoms with Gasteiger partial charge in [-0.1, -0.05) is 167 Å². The summed E-state index contributed by atoms with van der Waals surface area (Å²) in [4.78, 5) is 55.6. The fraction of sp³-hybridized carbons (Fsp3) is 0.884.